The van der Waals surface area contributed by atoms with Gasteiger partial charge in [0, 0.05) is 32.4 Å². The summed E-state index contributed by atoms with van der Waals surface area (Å²) in [5.41, 5.74) is 6.34. The molecule has 1 fully saturated rings. The van der Waals surface area contributed by atoms with Crippen molar-refractivity contribution in [3.8, 4) is 0 Å². The lowest BCUT2D eigenvalue weighted by Gasteiger charge is -2.26. The lowest BCUT2D eigenvalue weighted by molar-refractivity contribution is 0.0364. The predicted molar refractivity (Wildman–Crippen MR) is 64.2 cm³/mol. The fourth-order valence-electron chi connectivity index (χ4n) is 1.97. The topological polar surface area (TPSA) is 76.0 Å². The second kappa shape index (κ2) is 5.70. The highest BCUT2D eigenvalue weighted by Crippen LogP contribution is 2.04. The standard InChI is InChI=1S/C11H18N4O2/c12-11(13-16)10-2-1-3-15(10)5-4-14-6-8-17-9-7-14/h1-3,16H,4-9H2,(H2,12,13). The van der Waals surface area contributed by atoms with E-state index < -0.39 is 0 Å². The molecule has 1 saturated heterocycles. The minimum atomic E-state index is 0.150. The summed E-state index contributed by atoms with van der Waals surface area (Å²) in [6.45, 7) is 5.33. The Morgan fingerprint density at radius 2 is 2.18 bits per heavy atom. The van der Waals surface area contributed by atoms with Crippen LogP contribution in [0.15, 0.2) is 23.5 Å². The molecule has 2 rings (SSSR count). The summed E-state index contributed by atoms with van der Waals surface area (Å²) in [5, 5.41) is 11.7. The Kier molecular flexibility index (Phi) is 4.00. The van der Waals surface area contributed by atoms with Crippen LogP contribution in [0.5, 0.6) is 0 Å². The van der Waals surface area contributed by atoms with Gasteiger partial charge in [-0.15, -0.1) is 0 Å². The molecule has 0 atom stereocenters. The van der Waals surface area contributed by atoms with Crippen molar-refractivity contribution in [3.05, 3.63) is 24.0 Å². The first-order valence-electron chi connectivity index (χ1n) is 5.74. The first-order chi connectivity index (χ1) is 8.31. The molecule has 6 nitrogen and oxygen atoms in total. The highest BCUT2D eigenvalue weighted by atomic mass is 16.5. The van der Waals surface area contributed by atoms with Gasteiger partial charge in [-0.1, -0.05) is 5.16 Å². The molecule has 0 bridgehead atoms. The van der Waals surface area contributed by atoms with Crippen molar-refractivity contribution in [2.75, 3.05) is 32.8 Å². The van der Waals surface area contributed by atoms with Crippen LogP contribution < -0.4 is 5.73 Å². The minimum Gasteiger partial charge on any atom is -0.409 e. The highest BCUT2D eigenvalue weighted by molar-refractivity contribution is 5.95. The maximum absolute atomic E-state index is 8.67. The van der Waals surface area contributed by atoms with Gasteiger partial charge in [0.05, 0.1) is 18.9 Å². The van der Waals surface area contributed by atoms with Crippen molar-refractivity contribution in [1.82, 2.24) is 9.47 Å². The fraction of sp³-hybridized carbons (Fsp3) is 0.545. The van der Waals surface area contributed by atoms with Crippen molar-refractivity contribution >= 4 is 5.84 Å². The van der Waals surface area contributed by atoms with E-state index in [-0.39, 0.29) is 5.84 Å². The van der Waals surface area contributed by atoms with Gasteiger partial charge >= 0.3 is 0 Å². The lowest BCUT2D eigenvalue weighted by atomic mass is 10.4. The Labute approximate surface area is 100 Å². The van der Waals surface area contributed by atoms with Crippen LogP contribution in [-0.2, 0) is 11.3 Å². The normalized spacial score (nSPS) is 18.5. The maximum Gasteiger partial charge on any atom is 0.186 e. The minimum absolute atomic E-state index is 0.150. The van der Waals surface area contributed by atoms with Crippen LogP contribution in [0.4, 0.5) is 0 Å². The molecular formula is C11H18N4O2. The number of aromatic nitrogens is 1. The van der Waals surface area contributed by atoms with Crippen LogP contribution in [0.25, 0.3) is 0 Å². The van der Waals surface area contributed by atoms with Gasteiger partial charge in [0.2, 0.25) is 0 Å². The Hall–Kier alpha value is -1.53. The van der Waals surface area contributed by atoms with E-state index in [9.17, 15) is 0 Å². The summed E-state index contributed by atoms with van der Waals surface area (Å²) in [7, 11) is 0. The summed E-state index contributed by atoms with van der Waals surface area (Å²) in [6.07, 6.45) is 1.94. The van der Waals surface area contributed by atoms with Crippen LogP contribution in [0.3, 0.4) is 0 Å². The molecule has 0 saturated carbocycles. The van der Waals surface area contributed by atoms with Gasteiger partial charge in [0.1, 0.15) is 0 Å². The number of nitrogens with zero attached hydrogens (tertiary/aromatic N) is 3. The van der Waals surface area contributed by atoms with Crippen LogP contribution in [-0.4, -0.2) is 53.4 Å². The van der Waals surface area contributed by atoms with Gasteiger partial charge in [0.15, 0.2) is 5.84 Å². The van der Waals surface area contributed by atoms with Gasteiger partial charge < -0.3 is 20.2 Å². The van der Waals surface area contributed by atoms with Crippen LogP contribution in [0, 0.1) is 0 Å². The van der Waals surface area contributed by atoms with E-state index in [0.29, 0.717) is 0 Å². The van der Waals surface area contributed by atoms with E-state index in [1.165, 1.54) is 0 Å². The summed E-state index contributed by atoms with van der Waals surface area (Å²) >= 11 is 0. The molecule has 0 spiro atoms. The predicted octanol–water partition coefficient (Wildman–Crippen LogP) is -0.0852. The Bertz CT molecular complexity index is 383. The number of rotatable bonds is 4. The zero-order valence-corrected chi connectivity index (χ0v) is 9.75. The molecule has 0 radical (unpaired) electrons. The second-order valence-electron chi connectivity index (χ2n) is 4.03. The fourth-order valence-corrected chi connectivity index (χ4v) is 1.97. The third-order valence-electron chi connectivity index (χ3n) is 2.96. The lowest BCUT2D eigenvalue weighted by Crippen LogP contribution is -2.38. The van der Waals surface area contributed by atoms with E-state index in [4.69, 9.17) is 15.7 Å². The molecular weight excluding hydrogens is 220 g/mol. The molecule has 1 aromatic heterocycles. The van der Waals surface area contributed by atoms with Gasteiger partial charge in [-0.3, -0.25) is 4.90 Å². The number of ether oxygens (including phenoxy) is 1. The SMILES string of the molecule is N/C(=N/O)c1cccn1CCN1CCOCC1. The van der Waals surface area contributed by atoms with E-state index in [2.05, 4.69) is 10.1 Å². The smallest absolute Gasteiger partial charge is 0.186 e. The molecule has 1 aliphatic heterocycles. The third-order valence-corrected chi connectivity index (χ3v) is 2.96. The largest absolute Gasteiger partial charge is 0.409 e. The molecule has 0 aromatic carbocycles. The summed E-state index contributed by atoms with van der Waals surface area (Å²) in [4.78, 5) is 2.35. The van der Waals surface area contributed by atoms with Crippen molar-refractivity contribution in [1.29, 1.82) is 0 Å². The van der Waals surface area contributed by atoms with Crippen molar-refractivity contribution in [2.24, 2.45) is 10.9 Å². The van der Waals surface area contributed by atoms with Crippen LogP contribution in [0.1, 0.15) is 5.69 Å². The van der Waals surface area contributed by atoms with Crippen LogP contribution >= 0.6 is 0 Å². The average Bonchev–Trinajstić information content (AvgIpc) is 2.85. The second-order valence-corrected chi connectivity index (χ2v) is 4.03. The molecule has 1 aliphatic rings. The van der Waals surface area contributed by atoms with E-state index >= 15 is 0 Å². The molecule has 0 amide bonds. The van der Waals surface area contributed by atoms with E-state index in [1.807, 2.05) is 22.9 Å². The molecule has 6 heteroatoms. The molecule has 94 valence electrons. The molecule has 3 N–H and O–H groups in total. The summed E-state index contributed by atoms with van der Waals surface area (Å²) in [6, 6.07) is 3.74. The summed E-state index contributed by atoms with van der Waals surface area (Å²) in [5.74, 6) is 0.150. The first-order valence-corrected chi connectivity index (χ1v) is 5.74. The number of amidine groups is 1. The number of hydrogen-bond donors (Lipinski definition) is 2. The van der Waals surface area contributed by atoms with E-state index in [1.54, 1.807) is 0 Å². The van der Waals surface area contributed by atoms with Gasteiger partial charge in [-0.2, -0.15) is 0 Å². The third kappa shape index (κ3) is 2.98. The highest BCUT2D eigenvalue weighted by Gasteiger charge is 2.11. The number of hydrogen-bond acceptors (Lipinski definition) is 4. The van der Waals surface area contributed by atoms with E-state index in [0.717, 1.165) is 45.1 Å². The first kappa shape index (κ1) is 11.9. The quantitative estimate of drug-likeness (QED) is 0.333. The Balaban J connectivity index is 1.92. The molecule has 17 heavy (non-hydrogen) atoms. The number of oxime groups is 1. The zero-order valence-electron chi connectivity index (χ0n) is 9.75. The average molecular weight is 238 g/mol. The monoisotopic (exact) mass is 238 g/mol. The Morgan fingerprint density at radius 1 is 1.41 bits per heavy atom. The molecule has 1 aromatic rings. The van der Waals surface area contributed by atoms with Crippen molar-refractivity contribution in [2.45, 2.75) is 6.54 Å². The number of morpholine rings is 1. The molecule has 0 aliphatic carbocycles. The van der Waals surface area contributed by atoms with Gasteiger partial charge in [0.25, 0.3) is 0 Å². The zero-order chi connectivity index (χ0) is 12.1. The maximum atomic E-state index is 8.67. The van der Waals surface area contributed by atoms with Crippen molar-refractivity contribution < 1.29 is 9.94 Å². The number of nitrogens with two attached hydrogens (primary N) is 1. The van der Waals surface area contributed by atoms with Crippen molar-refractivity contribution in [3.63, 3.8) is 0 Å². The van der Waals surface area contributed by atoms with Crippen LogP contribution in [0.2, 0.25) is 0 Å². The summed E-state index contributed by atoms with van der Waals surface area (Å²) < 4.78 is 7.29. The molecule has 0 unspecified atom stereocenters. The Morgan fingerprint density at radius 3 is 2.88 bits per heavy atom. The molecule has 2 heterocycles. The van der Waals surface area contributed by atoms with Gasteiger partial charge in [-0.25, -0.2) is 0 Å². The van der Waals surface area contributed by atoms with Gasteiger partial charge in [-0.05, 0) is 12.1 Å².